The summed E-state index contributed by atoms with van der Waals surface area (Å²) >= 11 is 0. The van der Waals surface area contributed by atoms with E-state index in [0.29, 0.717) is 11.3 Å². The van der Waals surface area contributed by atoms with E-state index in [-0.39, 0.29) is 5.41 Å². The summed E-state index contributed by atoms with van der Waals surface area (Å²) in [6, 6.07) is 0. The molecule has 4 aliphatic carbocycles. The predicted octanol–water partition coefficient (Wildman–Crippen LogP) is 3.01. The van der Waals surface area contributed by atoms with Crippen LogP contribution in [0.1, 0.15) is 12.8 Å². The molecule has 0 amide bonds. The molecule has 0 atom stereocenters. The van der Waals surface area contributed by atoms with Gasteiger partial charge in [-0.05, 0) is 18.4 Å². The van der Waals surface area contributed by atoms with E-state index in [2.05, 4.69) is 42.5 Å². The van der Waals surface area contributed by atoms with Gasteiger partial charge in [0.2, 0.25) is 0 Å². The van der Waals surface area contributed by atoms with E-state index in [1.807, 2.05) is 0 Å². The largest absolute Gasteiger partial charge is 0.0770 e. The van der Waals surface area contributed by atoms with E-state index in [9.17, 15) is 0 Å². The van der Waals surface area contributed by atoms with Crippen LogP contribution in [0.15, 0.2) is 48.1 Å². The third-order valence-corrected chi connectivity index (χ3v) is 3.98. The first kappa shape index (κ1) is 6.42. The van der Waals surface area contributed by atoms with E-state index >= 15 is 0 Å². The molecule has 0 aliphatic heterocycles. The lowest BCUT2D eigenvalue weighted by atomic mass is 9.77. The van der Waals surface area contributed by atoms with E-state index in [4.69, 9.17) is 0 Å². The van der Waals surface area contributed by atoms with Gasteiger partial charge in [-0.15, -0.1) is 0 Å². The molecule has 1 fully saturated rings. The summed E-state index contributed by atoms with van der Waals surface area (Å²) in [6.45, 7) is 0. The highest BCUT2D eigenvalue weighted by Crippen LogP contribution is 2.60. The maximum absolute atomic E-state index is 2.54. The molecule has 0 unspecified atom stereocenters. The Morgan fingerprint density at radius 1 is 1.00 bits per heavy atom. The minimum Gasteiger partial charge on any atom is -0.0770 e. The van der Waals surface area contributed by atoms with Crippen molar-refractivity contribution >= 4 is 0 Å². The molecular weight excluding hydrogens is 156 g/mol. The zero-order valence-corrected chi connectivity index (χ0v) is 7.53. The van der Waals surface area contributed by atoms with Crippen molar-refractivity contribution in [2.45, 2.75) is 12.8 Å². The molecule has 4 aliphatic rings. The molecule has 0 aromatic heterocycles. The van der Waals surface area contributed by atoms with Crippen molar-refractivity contribution < 1.29 is 0 Å². The van der Waals surface area contributed by atoms with Crippen LogP contribution in [0.2, 0.25) is 0 Å². The highest BCUT2D eigenvalue weighted by atomic mass is 14.5. The molecule has 0 nitrogen and oxygen atoms in total. The van der Waals surface area contributed by atoms with Crippen LogP contribution in [0.3, 0.4) is 0 Å². The molecular formula is C13H12. The molecule has 64 valence electrons. The second kappa shape index (κ2) is 1.61. The summed E-state index contributed by atoms with van der Waals surface area (Å²) in [5, 5.41) is 0. The minimum atomic E-state index is 0.221. The Hall–Kier alpha value is -1.04. The van der Waals surface area contributed by atoms with Gasteiger partial charge in [-0.2, -0.15) is 0 Å². The molecule has 0 heteroatoms. The third-order valence-electron chi connectivity index (χ3n) is 3.98. The van der Waals surface area contributed by atoms with E-state index in [1.54, 1.807) is 5.57 Å². The quantitative estimate of drug-likeness (QED) is 0.488. The lowest BCUT2D eigenvalue weighted by Gasteiger charge is -2.26. The van der Waals surface area contributed by atoms with Gasteiger partial charge in [-0.3, -0.25) is 0 Å². The van der Waals surface area contributed by atoms with Crippen LogP contribution in [-0.2, 0) is 0 Å². The average Bonchev–Trinajstić information content (AvgIpc) is 2.70. The van der Waals surface area contributed by atoms with Crippen LogP contribution < -0.4 is 0 Å². The molecule has 2 bridgehead atoms. The van der Waals surface area contributed by atoms with Gasteiger partial charge in [-0.1, -0.05) is 42.5 Å². The fourth-order valence-corrected chi connectivity index (χ4v) is 2.88. The molecule has 0 heterocycles. The molecule has 13 heavy (non-hydrogen) atoms. The Kier molecular flexibility index (Phi) is 0.797. The second-order valence-electron chi connectivity index (χ2n) is 4.84. The van der Waals surface area contributed by atoms with Crippen molar-refractivity contribution in [3.05, 3.63) is 48.1 Å². The normalized spacial score (nSPS) is 45.5. The Labute approximate surface area is 78.3 Å². The molecule has 1 saturated carbocycles. The summed E-state index contributed by atoms with van der Waals surface area (Å²) in [4.78, 5) is 0. The first-order chi connectivity index (χ1) is 6.32. The van der Waals surface area contributed by atoms with E-state index in [0.717, 1.165) is 0 Å². The maximum atomic E-state index is 2.54. The van der Waals surface area contributed by atoms with Crippen molar-refractivity contribution in [1.82, 2.24) is 0 Å². The zero-order valence-electron chi connectivity index (χ0n) is 7.53. The van der Waals surface area contributed by atoms with Gasteiger partial charge in [0.25, 0.3) is 0 Å². The van der Waals surface area contributed by atoms with Crippen LogP contribution in [0, 0.1) is 16.7 Å². The van der Waals surface area contributed by atoms with E-state index < -0.39 is 0 Å². The molecule has 1 spiro atoms. The Morgan fingerprint density at radius 3 is 2.46 bits per heavy atom. The van der Waals surface area contributed by atoms with Crippen molar-refractivity contribution in [1.29, 1.82) is 0 Å². The molecule has 0 radical (unpaired) electrons. The van der Waals surface area contributed by atoms with Crippen LogP contribution in [0.5, 0.6) is 0 Å². The van der Waals surface area contributed by atoms with Crippen molar-refractivity contribution in [3.8, 4) is 0 Å². The van der Waals surface area contributed by atoms with Crippen molar-refractivity contribution in [3.63, 3.8) is 0 Å². The minimum absolute atomic E-state index is 0.221. The van der Waals surface area contributed by atoms with Gasteiger partial charge in [0, 0.05) is 16.7 Å². The molecule has 0 saturated heterocycles. The predicted molar refractivity (Wildman–Crippen MR) is 53.1 cm³/mol. The fourth-order valence-electron chi connectivity index (χ4n) is 2.88. The maximum Gasteiger partial charge on any atom is 0.0463 e. The zero-order chi connectivity index (χ0) is 8.52. The third kappa shape index (κ3) is 0.611. The summed E-state index contributed by atoms with van der Waals surface area (Å²) < 4.78 is 0. The molecule has 0 aromatic carbocycles. The monoisotopic (exact) mass is 168 g/mol. The summed E-state index contributed by atoms with van der Waals surface area (Å²) in [6.07, 6.45) is 19.5. The lowest BCUT2D eigenvalue weighted by molar-refractivity contribution is 0.688. The van der Waals surface area contributed by atoms with Crippen LogP contribution in [0.4, 0.5) is 0 Å². The van der Waals surface area contributed by atoms with Gasteiger partial charge in [-0.25, -0.2) is 0 Å². The van der Waals surface area contributed by atoms with Crippen LogP contribution >= 0.6 is 0 Å². The highest BCUT2D eigenvalue weighted by molar-refractivity contribution is 5.56. The summed E-state index contributed by atoms with van der Waals surface area (Å²) in [7, 11) is 0. The molecule has 4 rings (SSSR count). The Balaban J connectivity index is 1.95. The number of hydrogen-bond donors (Lipinski definition) is 0. The highest BCUT2D eigenvalue weighted by Gasteiger charge is 2.48. The number of rotatable bonds is 0. The topological polar surface area (TPSA) is 0 Å². The SMILES string of the molecule is C1=CC23C=CC1C2=CC1(C=C3)CC1. The van der Waals surface area contributed by atoms with Crippen molar-refractivity contribution in [2.24, 2.45) is 16.7 Å². The molecule has 0 N–H and O–H groups in total. The van der Waals surface area contributed by atoms with Gasteiger partial charge in [0.05, 0.1) is 0 Å². The Morgan fingerprint density at radius 2 is 1.77 bits per heavy atom. The van der Waals surface area contributed by atoms with Gasteiger partial charge < -0.3 is 0 Å². The van der Waals surface area contributed by atoms with Crippen LogP contribution in [-0.4, -0.2) is 0 Å². The Bertz CT molecular complexity index is 386. The standard InChI is InChI=1S/C13H12/c1-3-13-4-2-10(1)11(13)9-12(5-6-12)7-8-13/h1-4,7-10H,5-6H2. The van der Waals surface area contributed by atoms with Gasteiger partial charge >= 0.3 is 0 Å². The summed E-state index contributed by atoms with van der Waals surface area (Å²) in [5.74, 6) is 0.627. The first-order valence-electron chi connectivity index (χ1n) is 5.14. The second-order valence-corrected chi connectivity index (χ2v) is 4.84. The van der Waals surface area contributed by atoms with Crippen molar-refractivity contribution in [2.75, 3.05) is 0 Å². The average molecular weight is 168 g/mol. The van der Waals surface area contributed by atoms with Crippen LogP contribution in [0.25, 0.3) is 0 Å². The van der Waals surface area contributed by atoms with Gasteiger partial charge in [0.15, 0.2) is 0 Å². The first-order valence-corrected chi connectivity index (χ1v) is 5.14. The lowest BCUT2D eigenvalue weighted by Crippen LogP contribution is -2.15. The van der Waals surface area contributed by atoms with E-state index in [1.165, 1.54) is 12.8 Å². The smallest absolute Gasteiger partial charge is 0.0463 e. The molecule has 0 aromatic rings. The number of hydrogen-bond acceptors (Lipinski definition) is 0. The number of allylic oxidation sites excluding steroid dienone is 8. The fraction of sp³-hybridized carbons (Fsp3) is 0.385. The summed E-state index contributed by atoms with van der Waals surface area (Å²) in [5.41, 5.74) is 2.35. The van der Waals surface area contributed by atoms with Gasteiger partial charge in [0.1, 0.15) is 0 Å².